The van der Waals surface area contributed by atoms with Crippen molar-refractivity contribution in [2.75, 3.05) is 26.2 Å². The van der Waals surface area contributed by atoms with E-state index in [1.807, 2.05) is 30.3 Å². The van der Waals surface area contributed by atoms with E-state index < -0.39 is 11.9 Å². The third-order valence-electron chi connectivity index (χ3n) is 6.42. The van der Waals surface area contributed by atoms with Crippen LogP contribution in [0.15, 0.2) is 103 Å². The molecule has 1 aliphatic rings. The predicted octanol–water partition coefficient (Wildman–Crippen LogP) is 5.71. The third kappa shape index (κ3) is 9.94. The lowest BCUT2D eigenvalue weighted by molar-refractivity contribution is -0.134. The van der Waals surface area contributed by atoms with Crippen molar-refractivity contribution in [2.24, 2.45) is 5.92 Å². The van der Waals surface area contributed by atoms with Crippen LogP contribution >= 0.6 is 0 Å². The number of carbonyl (C=O) groups is 2. The summed E-state index contributed by atoms with van der Waals surface area (Å²) in [5, 5.41) is 15.6. The molecule has 3 aromatic rings. The molecule has 1 heterocycles. The summed E-state index contributed by atoms with van der Waals surface area (Å²) < 4.78 is 5.85. The first kappa shape index (κ1) is 27.7. The van der Waals surface area contributed by atoms with Crippen LogP contribution in [0.2, 0.25) is 0 Å². The number of carboxylic acid groups (broad SMARTS) is 2. The maximum absolute atomic E-state index is 9.55. The quantitative estimate of drug-likeness (QED) is 0.273. The number of hydrogen-bond donors (Lipinski definition) is 2. The highest BCUT2D eigenvalue weighted by Crippen LogP contribution is 2.37. The highest BCUT2D eigenvalue weighted by molar-refractivity contribution is 5.89. The molecule has 1 aliphatic heterocycles. The molecule has 1 fully saturated rings. The predicted molar refractivity (Wildman–Crippen MR) is 145 cm³/mol. The number of aliphatic carboxylic acids is 2. The van der Waals surface area contributed by atoms with Gasteiger partial charge in [-0.05, 0) is 61.5 Å². The highest BCUT2D eigenvalue weighted by Gasteiger charge is 2.28. The van der Waals surface area contributed by atoms with Crippen LogP contribution in [0.5, 0.6) is 5.75 Å². The number of para-hydroxylation sites is 1. The fraction of sp³-hybridized carbons (Fsp3) is 0.290. The second kappa shape index (κ2) is 15.3. The number of hydrogen-bond acceptors (Lipinski definition) is 4. The third-order valence-corrected chi connectivity index (χ3v) is 6.42. The topological polar surface area (TPSA) is 87.1 Å². The average molecular weight is 502 g/mol. The van der Waals surface area contributed by atoms with Crippen LogP contribution in [-0.2, 0) is 9.59 Å². The Hall–Kier alpha value is -3.90. The van der Waals surface area contributed by atoms with Gasteiger partial charge < -0.3 is 19.8 Å². The lowest BCUT2D eigenvalue weighted by Crippen LogP contribution is -2.36. The van der Waals surface area contributed by atoms with Crippen molar-refractivity contribution in [1.82, 2.24) is 4.90 Å². The van der Waals surface area contributed by atoms with Crippen molar-refractivity contribution in [1.29, 1.82) is 0 Å². The molecule has 0 unspecified atom stereocenters. The van der Waals surface area contributed by atoms with E-state index in [2.05, 4.69) is 65.6 Å². The van der Waals surface area contributed by atoms with Crippen molar-refractivity contribution < 1.29 is 24.5 Å². The van der Waals surface area contributed by atoms with Crippen molar-refractivity contribution in [3.05, 3.63) is 114 Å². The molecule has 0 saturated carbocycles. The van der Waals surface area contributed by atoms with Gasteiger partial charge in [0.15, 0.2) is 0 Å². The zero-order valence-corrected chi connectivity index (χ0v) is 21.0. The first-order valence-electron chi connectivity index (χ1n) is 12.7. The Bertz CT molecular complexity index is 1040. The number of carboxylic acids is 2. The van der Waals surface area contributed by atoms with E-state index in [4.69, 9.17) is 14.9 Å². The number of ether oxygens (including phenoxy) is 1. The molecule has 6 heteroatoms. The molecule has 37 heavy (non-hydrogen) atoms. The first-order chi connectivity index (χ1) is 18.0. The zero-order valence-electron chi connectivity index (χ0n) is 21.0. The summed E-state index contributed by atoms with van der Waals surface area (Å²) in [6, 6.07) is 32.2. The molecule has 0 aromatic heterocycles. The molecule has 3 aromatic carbocycles. The molecular weight excluding hydrogens is 466 g/mol. The summed E-state index contributed by atoms with van der Waals surface area (Å²) in [4.78, 5) is 21.7. The Morgan fingerprint density at radius 2 is 1.24 bits per heavy atom. The van der Waals surface area contributed by atoms with Gasteiger partial charge in [-0.2, -0.15) is 0 Å². The van der Waals surface area contributed by atoms with E-state index >= 15 is 0 Å². The summed E-state index contributed by atoms with van der Waals surface area (Å²) >= 11 is 0. The number of nitrogens with zero attached hydrogens (tertiary/aromatic N) is 1. The summed E-state index contributed by atoms with van der Waals surface area (Å²) in [6.45, 7) is 4.29. The van der Waals surface area contributed by atoms with Gasteiger partial charge in [-0.3, -0.25) is 0 Å². The van der Waals surface area contributed by atoms with Crippen molar-refractivity contribution in [3.63, 3.8) is 0 Å². The lowest BCUT2D eigenvalue weighted by Gasteiger charge is -2.36. The Morgan fingerprint density at radius 1 is 0.784 bits per heavy atom. The maximum Gasteiger partial charge on any atom is 0.328 e. The fourth-order valence-corrected chi connectivity index (χ4v) is 4.70. The zero-order chi connectivity index (χ0) is 26.3. The second-order valence-corrected chi connectivity index (χ2v) is 9.00. The molecule has 0 bridgehead atoms. The minimum Gasteiger partial charge on any atom is -0.494 e. The van der Waals surface area contributed by atoms with Gasteiger partial charge in [-0.1, -0.05) is 78.9 Å². The van der Waals surface area contributed by atoms with Gasteiger partial charge in [-0.15, -0.1) is 0 Å². The SMILES string of the molecule is O=C(O)C=CC(=O)O.c1ccc(OCCCN2CCC(C(c3ccccc3)c3ccccc3)CC2)cc1. The van der Waals surface area contributed by atoms with Crippen LogP contribution in [-0.4, -0.2) is 53.3 Å². The van der Waals surface area contributed by atoms with E-state index in [9.17, 15) is 9.59 Å². The van der Waals surface area contributed by atoms with Gasteiger partial charge in [-0.25, -0.2) is 9.59 Å². The molecular formula is C31H35NO5. The number of piperidine rings is 1. The van der Waals surface area contributed by atoms with Gasteiger partial charge in [0.1, 0.15) is 5.75 Å². The molecule has 0 atom stereocenters. The molecule has 6 nitrogen and oxygen atoms in total. The first-order valence-corrected chi connectivity index (χ1v) is 12.7. The monoisotopic (exact) mass is 501 g/mol. The minimum atomic E-state index is -1.26. The highest BCUT2D eigenvalue weighted by atomic mass is 16.5. The van der Waals surface area contributed by atoms with Crippen LogP contribution in [0.25, 0.3) is 0 Å². The van der Waals surface area contributed by atoms with E-state index in [1.165, 1.54) is 37.1 Å². The van der Waals surface area contributed by atoms with Crippen molar-refractivity contribution in [3.8, 4) is 5.75 Å². The molecule has 0 aliphatic carbocycles. The number of benzene rings is 3. The van der Waals surface area contributed by atoms with Gasteiger partial charge >= 0.3 is 11.9 Å². The Labute approximate surface area is 218 Å². The van der Waals surface area contributed by atoms with E-state index in [-0.39, 0.29) is 0 Å². The smallest absolute Gasteiger partial charge is 0.328 e. The molecule has 2 N–H and O–H groups in total. The summed E-state index contributed by atoms with van der Waals surface area (Å²) in [6.07, 6.45) is 4.72. The Balaban J connectivity index is 0.000000414. The van der Waals surface area contributed by atoms with Crippen LogP contribution in [0.4, 0.5) is 0 Å². The fourth-order valence-electron chi connectivity index (χ4n) is 4.70. The average Bonchev–Trinajstić information content (AvgIpc) is 2.93. The minimum absolute atomic E-state index is 0.501. The molecule has 0 radical (unpaired) electrons. The van der Waals surface area contributed by atoms with Crippen molar-refractivity contribution in [2.45, 2.75) is 25.2 Å². The second-order valence-electron chi connectivity index (χ2n) is 9.00. The van der Waals surface area contributed by atoms with E-state index in [1.54, 1.807) is 0 Å². The largest absolute Gasteiger partial charge is 0.494 e. The molecule has 4 rings (SSSR count). The molecule has 0 amide bonds. The summed E-state index contributed by atoms with van der Waals surface area (Å²) in [5.74, 6) is -0.336. The molecule has 194 valence electrons. The maximum atomic E-state index is 9.55. The van der Waals surface area contributed by atoms with E-state index in [0.29, 0.717) is 24.0 Å². The van der Waals surface area contributed by atoms with Crippen molar-refractivity contribution >= 4 is 11.9 Å². The lowest BCUT2D eigenvalue weighted by atomic mass is 9.76. The number of likely N-dealkylation sites (tertiary alicyclic amines) is 1. The number of rotatable bonds is 10. The van der Waals surface area contributed by atoms with Gasteiger partial charge in [0.05, 0.1) is 6.61 Å². The molecule has 1 saturated heterocycles. The van der Waals surface area contributed by atoms with Crippen LogP contribution < -0.4 is 4.74 Å². The van der Waals surface area contributed by atoms with Crippen LogP contribution in [0.3, 0.4) is 0 Å². The Morgan fingerprint density at radius 3 is 1.70 bits per heavy atom. The summed E-state index contributed by atoms with van der Waals surface area (Å²) in [5.41, 5.74) is 2.90. The van der Waals surface area contributed by atoms with Crippen LogP contribution in [0, 0.1) is 5.92 Å². The van der Waals surface area contributed by atoms with E-state index in [0.717, 1.165) is 25.3 Å². The van der Waals surface area contributed by atoms with Gasteiger partial charge in [0.2, 0.25) is 0 Å². The summed E-state index contributed by atoms with van der Waals surface area (Å²) in [7, 11) is 0. The Kier molecular flexibility index (Phi) is 11.4. The standard InChI is InChI=1S/C27H31NO.C4H4O4/c1-4-11-23(12-5-1)27(24-13-6-2-7-14-24)25-17-20-28(21-18-25)19-10-22-29-26-15-8-3-9-16-26;5-3(6)1-2-4(7)8/h1-9,11-16,25,27H,10,17-22H2;1-2H,(H,5,6)(H,7,8). The van der Waals surface area contributed by atoms with Crippen LogP contribution in [0.1, 0.15) is 36.3 Å². The van der Waals surface area contributed by atoms with Gasteiger partial charge in [0.25, 0.3) is 0 Å². The van der Waals surface area contributed by atoms with Gasteiger partial charge in [0, 0.05) is 24.6 Å². The normalized spacial score (nSPS) is 14.2. The molecule has 0 spiro atoms.